The second-order valence-electron chi connectivity index (χ2n) is 7.44. The van der Waals surface area contributed by atoms with E-state index >= 15 is 0 Å². The molecule has 1 fully saturated rings. The normalized spacial score (nSPS) is 14.6. The third-order valence-electron chi connectivity index (χ3n) is 5.09. The lowest BCUT2D eigenvalue weighted by Crippen LogP contribution is -2.21. The predicted octanol–water partition coefficient (Wildman–Crippen LogP) is 5.03. The van der Waals surface area contributed by atoms with Gasteiger partial charge in [-0.05, 0) is 55.7 Å². The van der Waals surface area contributed by atoms with Crippen LogP contribution in [0.5, 0.6) is 11.5 Å². The van der Waals surface area contributed by atoms with E-state index in [0.717, 1.165) is 24.2 Å². The molecule has 6 heteroatoms. The number of hydrogen-bond donors (Lipinski definition) is 1. The van der Waals surface area contributed by atoms with Crippen LogP contribution in [0.1, 0.15) is 43.2 Å². The van der Waals surface area contributed by atoms with Gasteiger partial charge in [0.25, 0.3) is 0 Å². The van der Waals surface area contributed by atoms with Gasteiger partial charge in [0.15, 0.2) is 0 Å². The minimum atomic E-state index is -0.874. The third kappa shape index (κ3) is 5.69. The summed E-state index contributed by atoms with van der Waals surface area (Å²) in [6.45, 7) is 2.73. The molecule has 5 nitrogen and oxygen atoms in total. The standard InChI is InChI=1S/C24H22ClNO4/c1-2-3-18(13-23(27)28)17-4-6-20(7-5-17)29-15-24(10-11-24)16-30-21-8-9-22(25)19(12-21)14-26/h4-9,12,18H,10-11,13,15-16H2,1H3,(H,27,28). The Morgan fingerprint density at radius 2 is 1.80 bits per heavy atom. The van der Waals surface area contributed by atoms with Crippen molar-refractivity contribution in [2.75, 3.05) is 13.2 Å². The van der Waals surface area contributed by atoms with E-state index in [1.807, 2.05) is 30.3 Å². The highest BCUT2D eigenvalue weighted by Gasteiger charge is 2.44. The molecule has 0 bridgehead atoms. The Labute approximate surface area is 181 Å². The molecule has 0 radical (unpaired) electrons. The quantitative estimate of drug-likeness (QED) is 0.572. The van der Waals surface area contributed by atoms with Gasteiger partial charge in [0.2, 0.25) is 0 Å². The summed E-state index contributed by atoms with van der Waals surface area (Å²) in [5.41, 5.74) is 1.22. The van der Waals surface area contributed by atoms with Gasteiger partial charge in [-0.3, -0.25) is 4.79 Å². The average Bonchev–Trinajstić information content (AvgIpc) is 3.52. The first-order valence-electron chi connectivity index (χ1n) is 9.64. The molecular formula is C24H22ClNO4. The van der Waals surface area contributed by atoms with Crippen LogP contribution in [0, 0.1) is 28.6 Å². The number of rotatable bonds is 9. The Morgan fingerprint density at radius 3 is 2.37 bits per heavy atom. The zero-order valence-corrected chi connectivity index (χ0v) is 17.4. The van der Waals surface area contributed by atoms with Crippen molar-refractivity contribution < 1.29 is 19.4 Å². The Morgan fingerprint density at radius 1 is 1.17 bits per heavy atom. The first-order valence-corrected chi connectivity index (χ1v) is 10.0. The Kier molecular flexibility index (Phi) is 6.87. The van der Waals surface area contributed by atoms with Crippen molar-refractivity contribution >= 4 is 17.6 Å². The van der Waals surface area contributed by atoms with Crippen molar-refractivity contribution in [2.45, 2.75) is 32.1 Å². The molecule has 0 spiro atoms. The van der Waals surface area contributed by atoms with E-state index in [1.54, 1.807) is 25.1 Å². The van der Waals surface area contributed by atoms with Crippen LogP contribution in [0.4, 0.5) is 0 Å². The number of benzene rings is 2. The van der Waals surface area contributed by atoms with Gasteiger partial charge in [0.05, 0.1) is 36.1 Å². The maximum absolute atomic E-state index is 11.0. The number of carboxylic acid groups (broad SMARTS) is 1. The highest BCUT2D eigenvalue weighted by molar-refractivity contribution is 6.31. The van der Waals surface area contributed by atoms with Crippen LogP contribution in [0.2, 0.25) is 5.02 Å². The molecule has 154 valence electrons. The Balaban J connectivity index is 1.55. The zero-order valence-electron chi connectivity index (χ0n) is 16.7. The van der Waals surface area contributed by atoms with Crippen LogP contribution in [0.25, 0.3) is 0 Å². The highest BCUT2D eigenvalue weighted by atomic mass is 35.5. The number of nitriles is 1. The van der Waals surface area contributed by atoms with Crippen molar-refractivity contribution in [1.82, 2.24) is 0 Å². The molecule has 1 aliphatic rings. The van der Waals surface area contributed by atoms with Crippen molar-refractivity contribution in [3.8, 4) is 29.4 Å². The van der Waals surface area contributed by atoms with Gasteiger partial charge < -0.3 is 14.6 Å². The summed E-state index contributed by atoms with van der Waals surface area (Å²) in [5, 5.41) is 18.5. The Bertz CT molecular complexity index is 1010. The molecule has 0 aliphatic heterocycles. The zero-order chi connectivity index (χ0) is 21.6. The van der Waals surface area contributed by atoms with E-state index in [2.05, 4.69) is 11.8 Å². The fourth-order valence-electron chi connectivity index (χ4n) is 3.06. The first kappa shape index (κ1) is 21.6. The lowest BCUT2D eigenvalue weighted by Gasteiger charge is -2.18. The van der Waals surface area contributed by atoms with E-state index in [9.17, 15) is 4.79 Å². The summed E-state index contributed by atoms with van der Waals surface area (Å²) in [7, 11) is 0. The molecule has 0 heterocycles. The average molecular weight is 424 g/mol. The third-order valence-corrected chi connectivity index (χ3v) is 5.41. The maximum Gasteiger partial charge on any atom is 0.304 e. The van der Waals surface area contributed by atoms with Crippen molar-refractivity contribution in [2.24, 2.45) is 5.41 Å². The fraction of sp³-hybridized carbons (Fsp3) is 0.333. The summed E-state index contributed by atoms with van der Waals surface area (Å²) in [4.78, 5) is 11.0. The van der Waals surface area contributed by atoms with Gasteiger partial charge in [0, 0.05) is 5.41 Å². The smallest absolute Gasteiger partial charge is 0.304 e. The van der Waals surface area contributed by atoms with Gasteiger partial charge in [-0.2, -0.15) is 5.26 Å². The topological polar surface area (TPSA) is 79.6 Å². The molecule has 0 amide bonds. The van der Waals surface area contributed by atoms with E-state index in [-0.39, 0.29) is 17.8 Å². The number of hydrogen-bond acceptors (Lipinski definition) is 4. The van der Waals surface area contributed by atoms with Crippen LogP contribution in [-0.4, -0.2) is 24.3 Å². The molecule has 1 aliphatic carbocycles. The van der Waals surface area contributed by atoms with Crippen LogP contribution in [0.3, 0.4) is 0 Å². The highest BCUT2D eigenvalue weighted by Crippen LogP contribution is 2.46. The van der Waals surface area contributed by atoms with E-state index in [0.29, 0.717) is 29.5 Å². The van der Waals surface area contributed by atoms with Crippen LogP contribution in [0.15, 0.2) is 42.5 Å². The molecule has 1 unspecified atom stereocenters. The van der Waals surface area contributed by atoms with Crippen molar-refractivity contribution in [1.29, 1.82) is 5.26 Å². The van der Waals surface area contributed by atoms with E-state index in [4.69, 9.17) is 31.4 Å². The van der Waals surface area contributed by atoms with Gasteiger partial charge >= 0.3 is 5.97 Å². The number of halogens is 1. The molecule has 3 rings (SSSR count). The molecule has 1 N–H and O–H groups in total. The summed E-state index contributed by atoms with van der Waals surface area (Å²) in [5.74, 6) is 5.87. The van der Waals surface area contributed by atoms with Gasteiger partial charge in [-0.1, -0.05) is 29.7 Å². The minimum absolute atomic E-state index is 0.0281. The molecular weight excluding hydrogens is 402 g/mol. The minimum Gasteiger partial charge on any atom is -0.493 e. The fourth-order valence-corrected chi connectivity index (χ4v) is 3.22. The monoisotopic (exact) mass is 423 g/mol. The number of nitrogens with zero attached hydrogens (tertiary/aromatic N) is 1. The van der Waals surface area contributed by atoms with Crippen molar-refractivity contribution in [3.05, 3.63) is 58.6 Å². The molecule has 0 saturated heterocycles. The summed E-state index contributed by atoms with van der Waals surface area (Å²) in [6.07, 6.45) is 1.99. The van der Waals surface area contributed by atoms with Crippen LogP contribution in [-0.2, 0) is 4.79 Å². The van der Waals surface area contributed by atoms with Gasteiger partial charge in [-0.15, -0.1) is 5.92 Å². The maximum atomic E-state index is 11.0. The number of aliphatic carboxylic acids is 1. The summed E-state index contributed by atoms with van der Waals surface area (Å²) in [6, 6.07) is 14.5. The summed E-state index contributed by atoms with van der Waals surface area (Å²) >= 11 is 5.95. The van der Waals surface area contributed by atoms with Crippen molar-refractivity contribution in [3.63, 3.8) is 0 Å². The largest absolute Gasteiger partial charge is 0.493 e. The van der Waals surface area contributed by atoms with Gasteiger partial charge in [0.1, 0.15) is 17.6 Å². The Hall–Kier alpha value is -3.15. The van der Waals surface area contributed by atoms with Crippen LogP contribution >= 0.6 is 11.6 Å². The molecule has 1 saturated carbocycles. The molecule has 1 atom stereocenters. The van der Waals surface area contributed by atoms with Crippen LogP contribution < -0.4 is 9.47 Å². The molecule has 2 aromatic rings. The first-order chi connectivity index (χ1) is 14.4. The molecule has 2 aromatic carbocycles. The van der Waals surface area contributed by atoms with E-state index in [1.165, 1.54) is 0 Å². The molecule has 0 aromatic heterocycles. The summed E-state index contributed by atoms with van der Waals surface area (Å²) < 4.78 is 11.8. The lowest BCUT2D eigenvalue weighted by molar-refractivity contribution is -0.137. The lowest BCUT2D eigenvalue weighted by atomic mass is 9.96. The predicted molar refractivity (Wildman–Crippen MR) is 114 cm³/mol. The van der Waals surface area contributed by atoms with E-state index < -0.39 is 5.97 Å². The second-order valence-corrected chi connectivity index (χ2v) is 7.85. The SMILES string of the molecule is CC#CC(CC(=O)O)c1ccc(OCC2(COc3ccc(Cl)c(C#N)c3)CC2)cc1. The molecule has 30 heavy (non-hydrogen) atoms. The number of ether oxygens (including phenoxy) is 2. The number of carboxylic acids is 1. The number of carbonyl (C=O) groups is 1. The van der Waals surface area contributed by atoms with Gasteiger partial charge in [-0.25, -0.2) is 0 Å². The second kappa shape index (κ2) is 9.57.